The third-order valence-electron chi connectivity index (χ3n) is 6.69. The number of nitrogens with zero attached hydrogens (tertiary/aromatic N) is 3. The van der Waals surface area contributed by atoms with Crippen LogP contribution in [0.2, 0.25) is 0 Å². The zero-order valence-corrected chi connectivity index (χ0v) is 21.5. The van der Waals surface area contributed by atoms with Gasteiger partial charge in [-0.2, -0.15) is 0 Å². The molecule has 3 aromatic heterocycles. The quantitative estimate of drug-likeness (QED) is 0.438. The predicted octanol–water partition coefficient (Wildman–Crippen LogP) is 4.54. The molecule has 1 saturated heterocycles. The van der Waals surface area contributed by atoms with E-state index < -0.39 is 0 Å². The molecule has 4 heterocycles. The monoisotopic (exact) mass is 494 g/mol. The van der Waals surface area contributed by atoms with Gasteiger partial charge in [-0.3, -0.25) is 4.79 Å². The van der Waals surface area contributed by atoms with Crippen LogP contribution < -0.4 is 16.4 Å². The number of aromatic nitrogens is 2. The van der Waals surface area contributed by atoms with Crippen molar-refractivity contribution in [2.24, 2.45) is 5.92 Å². The summed E-state index contributed by atoms with van der Waals surface area (Å²) in [7, 11) is 3.56. The van der Waals surface area contributed by atoms with Gasteiger partial charge in [-0.25, -0.2) is 9.97 Å². The molecule has 194 valence electrons. The van der Waals surface area contributed by atoms with Crippen molar-refractivity contribution in [1.29, 1.82) is 0 Å². The van der Waals surface area contributed by atoms with Gasteiger partial charge < -0.3 is 30.5 Å². The molecule has 2 aliphatic rings. The topological polar surface area (TPSA) is 126 Å². The third-order valence-corrected chi connectivity index (χ3v) is 6.69. The van der Waals surface area contributed by atoms with Crippen LogP contribution in [0.25, 0.3) is 11.1 Å². The zero-order valence-electron chi connectivity index (χ0n) is 21.5. The van der Waals surface area contributed by atoms with Crippen LogP contribution in [0.1, 0.15) is 54.6 Å². The minimum Gasteiger partial charge on any atom is -0.449 e. The summed E-state index contributed by atoms with van der Waals surface area (Å²) in [6.07, 6.45) is 12.7. The van der Waals surface area contributed by atoms with Crippen molar-refractivity contribution in [2.45, 2.75) is 51.5 Å². The van der Waals surface area contributed by atoms with Crippen LogP contribution in [0.3, 0.4) is 0 Å². The van der Waals surface area contributed by atoms with E-state index in [0.29, 0.717) is 34.7 Å². The Morgan fingerprint density at radius 3 is 2.31 bits per heavy atom. The highest BCUT2D eigenvalue weighted by atomic mass is 16.3. The summed E-state index contributed by atoms with van der Waals surface area (Å²) in [5.74, 6) is 1.53. The second kappa shape index (κ2) is 13.6. The van der Waals surface area contributed by atoms with Crippen molar-refractivity contribution < 1.29 is 14.0 Å². The number of likely N-dealkylation sites (tertiary alicyclic amines) is 1. The molecule has 0 bridgehead atoms. The number of carbonyl (C=O) groups excluding carboxylic acids is 2. The van der Waals surface area contributed by atoms with Crippen LogP contribution in [0.5, 0.6) is 0 Å². The minimum absolute atomic E-state index is 0.237. The number of nitrogen functional groups attached to an aromatic ring is 1. The number of rotatable bonds is 5. The molecule has 3 aromatic rings. The second-order valence-electron chi connectivity index (χ2n) is 9.24. The normalized spacial score (nSPS) is 19.4. The maximum absolute atomic E-state index is 10.6. The van der Waals surface area contributed by atoms with E-state index in [4.69, 9.17) is 10.2 Å². The molecule has 9 nitrogen and oxygen atoms in total. The Bertz CT molecular complexity index is 1100. The van der Waals surface area contributed by atoms with Gasteiger partial charge in [-0.05, 0) is 70.2 Å². The number of carbonyl (C=O) groups is 2. The Kier molecular flexibility index (Phi) is 10.2. The number of nitrogens with two attached hydrogens (primary N) is 1. The lowest BCUT2D eigenvalue weighted by molar-refractivity contribution is -0.112. The Balaban J connectivity index is 0.000000154. The molecule has 0 radical (unpaired) electrons. The SMILES string of the molecule is CNc1c(C=O)oc2cc(N)cnc12.CNc1ccc(C)cn1.O=CC1CCC(N2CCCC2)CC1. The van der Waals surface area contributed by atoms with Crippen molar-refractivity contribution in [3.8, 4) is 0 Å². The van der Waals surface area contributed by atoms with Gasteiger partial charge in [0.1, 0.15) is 23.3 Å². The van der Waals surface area contributed by atoms with E-state index in [2.05, 4.69) is 25.5 Å². The highest BCUT2D eigenvalue weighted by Crippen LogP contribution is 2.29. The maximum Gasteiger partial charge on any atom is 0.192 e. The number of furan rings is 1. The highest BCUT2D eigenvalue weighted by molar-refractivity contribution is 5.97. The smallest absolute Gasteiger partial charge is 0.192 e. The first-order valence-electron chi connectivity index (χ1n) is 12.6. The molecule has 4 N–H and O–H groups in total. The van der Waals surface area contributed by atoms with Crippen LogP contribution >= 0.6 is 0 Å². The second-order valence-corrected chi connectivity index (χ2v) is 9.24. The minimum atomic E-state index is 0.237. The van der Waals surface area contributed by atoms with Gasteiger partial charge in [0.05, 0.1) is 11.9 Å². The molecular weight excluding hydrogens is 456 g/mol. The van der Waals surface area contributed by atoms with Crippen LogP contribution in [-0.4, -0.2) is 60.7 Å². The Hall–Kier alpha value is -3.46. The standard InChI is InChI=1S/C11H19NO.C9H9N3O2.C7H10N2/c13-9-10-3-5-11(6-4-10)12-7-1-2-8-12;1-11-8-7(4-13)14-6-2-5(10)3-12-9(6)8;1-6-3-4-7(8-2)9-5-6/h9-11H,1-8H2;2-4,11H,10H2,1H3;3-5H,1-2H3,(H,8,9). The van der Waals surface area contributed by atoms with E-state index in [0.717, 1.165) is 31.0 Å². The molecule has 0 unspecified atom stereocenters. The van der Waals surface area contributed by atoms with Crippen LogP contribution in [0.4, 0.5) is 17.2 Å². The number of fused-ring (bicyclic) bond motifs is 1. The average molecular weight is 495 g/mol. The van der Waals surface area contributed by atoms with Gasteiger partial charge in [-0.15, -0.1) is 0 Å². The zero-order chi connectivity index (χ0) is 25.9. The molecule has 0 amide bonds. The van der Waals surface area contributed by atoms with Gasteiger partial charge >= 0.3 is 0 Å². The van der Waals surface area contributed by atoms with Crippen LogP contribution in [0, 0.1) is 12.8 Å². The summed E-state index contributed by atoms with van der Waals surface area (Å²) in [6, 6.07) is 6.42. The summed E-state index contributed by atoms with van der Waals surface area (Å²) in [4.78, 5) is 32.0. The molecule has 36 heavy (non-hydrogen) atoms. The summed E-state index contributed by atoms with van der Waals surface area (Å²) in [6.45, 7) is 4.62. The first kappa shape index (κ1) is 27.1. The van der Waals surface area contributed by atoms with E-state index in [-0.39, 0.29) is 5.76 Å². The van der Waals surface area contributed by atoms with Crippen molar-refractivity contribution in [3.63, 3.8) is 0 Å². The largest absolute Gasteiger partial charge is 0.449 e. The highest BCUT2D eigenvalue weighted by Gasteiger charge is 2.26. The molecule has 0 atom stereocenters. The molecule has 2 fully saturated rings. The number of hydrogen-bond acceptors (Lipinski definition) is 9. The molecule has 0 spiro atoms. The molecule has 1 aliphatic carbocycles. The number of pyridine rings is 2. The average Bonchev–Trinajstić information content (AvgIpc) is 3.57. The van der Waals surface area contributed by atoms with Crippen molar-refractivity contribution in [1.82, 2.24) is 14.9 Å². The van der Waals surface area contributed by atoms with E-state index in [1.807, 2.05) is 32.3 Å². The molecule has 0 aromatic carbocycles. The van der Waals surface area contributed by atoms with Gasteiger partial charge in [0.2, 0.25) is 0 Å². The Morgan fingerprint density at radius 2 is 1.75 bits per heavy atom. The Labute approximate surface area is 212 Å². The number of anilines is 3. The summed E-state index contributed by atoms with van der Waals surface area (Å²) in [5, 5.41) is 5.80. The fraction of sp³-hybridized carbons (Fsp3) is 0.481. The summed E-state index contributed by atoms with van der Waals surface area (Å²) >= 11 is 0. The first-order chi connectivity index (χ1) is 17.5. The number of aryl methyl sites for hydroxylation is 1. The van der Waals surface area contributed by atoms with Gasteiger partial charge in [-0.1, -0.05) is 6.07 Å². The molecule has 9 heteroatoms. The molecule has 1 aliphatic heterocycles. The van der Waals surface area contributed by atoms with Crippen molar-refractivity contribution in [2.75, 3.05) is 43.6 Å². The fourth-order valence-electron chi connectivity index (χ4n) is 4.66. The molecule has 5 rings (SSSR count). The van der Waals surface area contributed by atoms with Crippen molar-refractivity contribution >= 4 is 40.9 Å². The van der Waals surface area contributed by atoms with E-state index in [1.165, 1.54) is 50.5 Å². The number of hydrogen-bond donors (Lipinski definition) is 3. The van der Waals surface area contributed by atoms with Gasteiger partial charge in [0.15, 0.2) is 17.6 Å². The summed E-state index contributed by atoms with van der Waals surface area (Å²) < 4.78 is 5.25. The number of nitrogens with one attached hydrogen (secondary N) is 2. The van der Waals surface area contributed by atoms with E-state index >= 15 is 0 Å². The third kappa shape index (κ3) is 7.27. The maximum atomic E-state index is 10.6. The van der Waals surface area contributed by atoms with E-state index in [9.17, 15) is 9.59 Å². The van der Waals surface area contributed by atoms with Crippen LogP contribution in [0.15, 0.2) is 35.0 Å². The van der Waals surface area contributed by atoms with Gasteiger partial charge in [0.25, 0.3) is 0 Å². The number of aldehydes is 2. The summed E-state index contributed by atoms with van der Waals surface area (Å²) in [5.41, 5.74) is 8.95. The van der Waals surface area contributed by atoms with Crippen molar-refractivity contribution in [3.05, 3.63) is 41.9 Å². The van der Waals surface area contributed by atoms with E-state index in [1.54, 1.807) is 13.1 Å². The lowest BCUT2D eigenvalue weighted by Crippen LogP contribution is -2.36. The predicted molar refractivity (Wildman–Crippen MR) is 144 cm³/mol. The van der Waals surface area contributed by atoms with Gasteiger partial charge in [0, 0.05) is 38.3 Å². The molecule has 1 saturated carbocycles. The molecular formula is C27H38N6O3. The van der Waals surface area contributed by atoms with Crippen LogP contribution in [-0.2, 0) is 4.79 Å². The fourth-order valence-corrected chi connectivity index (χ4v) is 4.66. The lowest BCUT2D eigenvalue weighted by atomic mass is 9.86. The first-order valence-corrected chi connectivity index (χ1v) is 12.6. The Morgan fingerprint density at radius 1 is 1.03 bits per heavy atom. The lowest BCUT2D eigenvalue weighted by Gasteiger charge is -2.32.